The van der Waals surface area contributed by atoms with Gasteiger partial charge in [0.1, 0.15) is 0 Å². The van der Waals surface area contributed by atoms with Gasteiger partial charge < -0.3 is 15.5 Å². The third kappa shape index (κ3) is 4.38. The normalized spacial score (nSPS) is 19.1. The lowest BCUT2D eigenvalue weighted by Crippen LogP contribution is -2.47. The van der Waals surface area contributed by atoms with E-state index < -0.39 is 0 Å². The first kappa shape index (κ1) is 16.2. The van der Waals surface area contributed by atoms with E-state index in [9.17, 15) is 4.79 Å². The second-order valence-corrected chi connectivity index (χ2v) is 7.89. The molecule has 2 rings (SSSR count). The SMILES string of the molecule is CNC(C)c1ccc(NC(=O)N2CCSC(C)(C)C2)cc1. The van der Waals surface area contributed by atoms with Crippen molar-refractivity contribution in [3.8, 4) is 0 Å². The Bertz CT molecular complexity index is 487. The number of carbonyl (C=O) groups is 1. The third-order valence-electron chi connectivity index (χ3n) is 3.81. The molecule has 0 radical (unpaired) electrons. The summed E-state index contributed by atoms with van der Waals surface area (Å²) in [7, 11) is 1.94. The number of carbonyl (C=O) groups excluding carboxylic acids is 1. The maximum atomic E-state index is 12.3. The molecule has 0 aliphatic carbocycles. The van der Waals surface area contributed by atoms with Crippen molar-refractivity contribution in [2.75, 3.05) is 31.2 Å². The monoisotopic (exact) mass is 307 g/mol. The van der Waals surface area contributed by atoms with Crippen LogP contribution in [0.1, 0.15) is 32.4 Å². The molecule has 1 aliphatic rings. The quantitative estimate of drug-likeness (QED) is 0.900. The van der Waals surface area contributed by atoms with E-state index in [1.54, 1.807) is 0 Å². The largest absolute Gasteiger partial charge is 0.322 e. The van der Waals surface area contributed by atoms with E-state index in [2.05, 4.69) is 31.4 Å². The number of urea groups is 1. The van der Waals surface area contributed by atoms with E-state index in [0.717, 1.165) is 24.5 Å². The van der Waals surface area contributed by atoms with Crippen molar-refractivity contribution in [2.45, 2.75) is 31.6 Å². The van der Waals surface area contributed by atoms with Crippen LogP contribution in [0.25, 0.3) is 0 Å². The molecule has 0 aromatic heterocycles. The van der Waals surface area contributed by atoms with E-state index in [1.165, 1.54) is 5.56 Å². The minimum absolute atomic E-state index is 0.00205. The molecule has 4 nitrogen and oxygen atoms in total. The Morgan fingerprint density at radius 2 is 2.00 bits per heavy atom. The molecule has 1 saturated heterocycles. The lowest BCUT2D eigenvalue weighted by atomic mass is 10.1. The van der Waals surface area contributed by atoms with Crippen LogP contribution in [0.4, 0.5) is 10.5 Å². The first-order valence-electron chi connectivity index (χ1n) is 7.38. The molecule has 5 heteroatoms. The predicted octanol–water partition coefficient (Wildman–Crippen LogP) is 3.33. The van der Waals surface area contributed by atoms with Gasteiger partial charge in [0.2, 0.25) is 0 Å². The molecule has 2 amide bonds. The van der Waals surface area contributed by atoms with Crippen molar-refractivity contribution in [2.24, 2.45) is 0 Å². The first-order valence-corrected chi connectivity index (χ1v) is 8.37. The van der Waals surface area contributed by atoms with Crippen LogP contribution in [0.5, 0.6) is 0 Å². The van der Waals surface area contributed by atoms with Crippen LogP contribution < -0.4 is 10.6 Å². The van der Waals surface area contributed by atoms with Crippen LogP contribution in [0, 0.1) is 0 Å². The fraction of sp³-hybridized carbons (Fsp3) is 0.562. The maximum absolute atomic E-state index is 12.3. The van der Waals surface area contributed by atoms with Crippen molar-refractivity contribution in [1.29, 1.82) is 0 Å². The highest BCUT2D eigenvalue weighted by Crippen LogP contribution is 2.29. The van der Waals surface area contributed by atoms with Crippen molar-refractivity contribution < 1.29 is 4.79 Å². The molecule has 1 unspecified atom stereocenters. The van der Waals surface area contributed by atoms with Crippen LogP contribution in [0.15, 0.2) is 24.3 Å². The summed E-state index contributed by atoms with van der Waals surface area (Å²) in [6, 6.07) is 8.34. The van der Waals surface area contributed by atoms with Gasteiger partial charge >= 0.3 is 6.03 Å². The lowest BCUT2D eigenvalue weighted by Gasteiger charge is -2.37. The van der Waals surface area contributed by atoms with E-state index in [0.29, 0.717) is 6.04 Å². The van der Waals surface area contributed by atoms with Crippen molar-refractivity contribution in [1.82, 2.24) is 10.2 Å². The topological polar surface area (TPSA) is 44.4 Å². The zero-order valence-electron chi connectivity index (χ0n) is 13.3. The van der Waals surface area contributed by atoms with Gasteiger partial charge in [0.25, 0.3) is 0 Å². The number of thioether (sulfide) groups is 1. The van der Waals surface area contributed by atoms with Gasteiger partial charge in [-0.05, 0) is 45.5 Å². The molecule has 0 bridgehead atoms. The van der Waals surface area contributed by atoms with Crippen LogP contribution in [0.2, 0.25) is 0 Å². The summed E-state index contributed by atoms with van der Waals surface area (Å²) >= 11 is 1.93. The van der Waals surface area contributed by atoms with E-state index in [-0.39, 0.29) is 10.8 Å². The lowest BCUT2D eigenvalue weighted by molar-refractivity contribution is 0.208. The molecule has 1 fully saturated rings. The van der Waals surface area contributed by atoms with E-state index in [4.69, 9.17) is 0 Å². The standard InChI is InChI=1S/C16H25N3OS/c1-12(17-4)13-5-7-14(8-6-13)18-15(20)19-9-10-21-16(2,3)11-19/h5-8,12,17H,9-11H2,1-4H3,(H,18,20). The van der Waals surface area contributed by atoms with E-state index in [1.807, 2.05) is 48.0 Å². The number of anilines is 1. The van der Waals surface area contributed by atoms with Gasteiger partial charge in [0.15, 0.2) is 0 Å². The first-order chi connectivity index (χ1) is 9.91. The average molecular weight is 307 g/mol. The number of rotatable bonds is 3. The molecule has 1 aromatic carbocycles. The molecule has 2 N–H and O–H groups in total. The van der Waals surface area contributed by atoms with Crippen LogP contribution in [0.3, 0.4) is 0 Å². The smallest absolute Gasteiger partial charge is 0.321 e. The van der Waals surface area contributed by atoms with Gasteiger partial charge in [-0.15, -0.1) is 0 Å². The molecule has 21 heavy (non-hydrogen) atoms. The number of hydrogen-bond acceptors (Lipinski definition) is 3. The van der Waals surface area contributed by atoms with Crippen molar-refractivity contribution in [3.63, 3.8) is 0 Å². The highest BCUT2D eigenvalue weighted by atomic mass is 32.2. The fourth-order valence-electron chi connectivity index (χ4n) is 2.41. The molecule has 1 atom stereocenters. The predicted molar refractivity (Wildman–Crippen MR) is 91.0 cm³/mol. The van der Waals surface area contributed by atoms with Gasteiger partial charge in [0, 0.05) is 35.3 Å². The van der Waals surface area contributed by atoms with Crippen molar-refractivity contribution in [3.05, 3.63) is 29.8 Å². The van der Waals surface area contributed by atoms with Gasteiger partial charge in [-0.25, -0.2) is 4.79 Å². The Labute approximate surface area is 131 Å². The summed E-state index contributed by atoms with van der Waals surface area (Å²) in [5.74, 6) is 0.999. The Morgan fingerprint density at radius 1 is 1.33 bits per heavy atom. The van der Waals surface area contributed by atoms with Gasteiger partial charge in [-0.1, -0.05) is 12.1 Å². The Morgan fingerprint density at radius 3 is 2.57 bits per heavy atom. The summed E-state index contributed by atoms with van der Waals surface area (Å²) < 4.78 is 0.141. The summed E-state index contributed by atoms with van der Waals surface area (Å²) in [6.07, 6.45) is 0. The third-order valence-corrected chi connectivity index (χ3v) is 5.11. The van der Waals surface area contributed by atoms with Crippen molar-refractivity contribution >= 4 is 23.5 Å². The Kier molecular flexibility index (Phi) is 5.17. The van der Waals surface area contributed by atoms with Crippen LogP contribution >= 0.6 is 11.8 Å². The summed E-state index contributed by atoms with van der Waals surface area (Å²) in [6.45, 7) is 8.09. The Hall–Kier alpha value is -1.20. The number of hydrogen-bond donors (Lipinski definition) is 2. The van der Waals surface area contributed by atoms with Gasteiger partial charge in [-0.2, -0.15) is 11.8 Å². The summed E-state index contributed by atoms with van der Waals surface area (Å²) in [5.41, 5.74) is 2.06. The molecule has 0 spiro atoms. The van der Waals surface area contributed by atoms with E-state index >= 15 is 0 Å². The molecule has 0 saturated carbocycles. The fourth-order valence-corrected chi connectivity index (χ4v) is 3.53. The molecule has 1 aromatic rings. The minimum atomic E-state index is -0.00205. The van der Waals surface area contributed by atoms with Gasteiger partial charge in [-0.3, -0.25) is 0 Å². The second-order valence-electron chi connectivity index (χ2n) is 6.09. The number of nitrogens with one attached hydrogen (secondary N) is 2. The number of benzene rings is 1. The molecular weight excluding hydrogens is 282 g/mol. The number of amides is 2. The number of nitrogens with zero attached hydrogens (tertiary/aromatic N) is 1. The maximum Gasteiger partial charge on any atom is 0.321 e. The zero-order valence-corrected chi connectivity index (χ0v) is 14.1. The zero-order chi connectivity index (χ0) is 15.5. The van der Waals surface area contributed by atoms with Crippen LogP contribution in [-0.2, 0) is 0 Å². The Balaban J connectivity index is 1.96. The summed E-state index contributed by atoms with van der Waals surface area (Å²) in [4.78, 5) is 14.2. The van der Waals surface area contributed by atoms with Crippen LogP contribution in [-0.4, -0.2) is 41.6 Å². The second kappa shape index (κ2) is 6.71. The molecular formula is C16H25N3OS. The highest BCUT2D eigenvalue weighted by Gasteiger charge is 2.29. The van der Waals surface area contributed by atoms with Gasteiger partial charge in [0.05, 0.1) is 0 Å². The molecule has 1 aliphatic heterocycles. The molecule has 1 heterocycles. The highest BCUT2D eigenvalue weighted by molar-refractivity contribution is 8.00. The minimum Gasteiger partial charge on any atom is -0.322 e. The molecule has 116 valence electrons. The summed E-state index contributed by atoms with van der Waals surface area (Å²) in [5, 5.41) is 6.20. The average Bonchev–Trinajstić information content (AvgIpc) is 2.46.